The number of carbonyl (C=O) groups excluding carboxylic acids is 1. The van der Waals surface area contributed by atoms with Crippen LogP contribution in [0.5, 0.6) is 0 Å². The Morgan fingerprint density at radius 3 is 2.42 bits per heavy atom. The third-order valence-electron chi connectivity index (χ3n) is 2.94. The molecule has 0 radical (unpaired) electrons. The summed E-state index contributed by atoms with van der Waals surface area (Å²) in [6, 6.07) is 3.06. The monoisotopic (exact) mass is 284 g/mol. The summed E-state index contributed by atoms with van der Waals surface area (Å²) in [6.45, 7) is 6.83. The smallest absolute Gasteiger partial charge is 0.272 e. The third-order valence-corrected chi connectivity index (χ3v) is 3.60. The number of anilines is 1. The van der Waals surface area contributed by atoms with Crippen molar-refractivity contribution < 1.29 is 9.72 Å². The second-order valence-electron chi connectivity index (χ2n) is 5.18. The molecule has 0 aliphatic carbocycles. The highest BCUT2D eigenvalue weighted by Crippen LogP contribution is 2.27. The van der Waals surface area contributed by atoms with E-state index >= 15 is 0 Å². The molecule has 1 aromatic carbocycles. The fourth-order valence-corrected chi connectivity index (χ4v) is 1.61. The van der Waals surface area contributed by atoms with Crippen LogP contribution in [0.2, 0.25) is 0 Å². The second-order valence-corrected chi connectivity index (χ2v) is 5.45. The van der Waals surface area contributed by atoms with Gasteiger partial charge in [-0.05, 0) is 39.3 Å². The molecule has 104 valence electrons. The van der Waals surface area contributed by atoms with Crippen molar-refractivity contribution in [3.63, 3.8) is 0 Å². The minimum Gasteiger partial charge on any atom is -0.325 e. The zero-order chi connectivity index (χ0) is 14.8. The summed E-state index contributed by atoms with van der Waals surface area (Å²) in [5.41, 5.74) is 1.09. The third kappa shape index (κ3) is 3.44. The van der Waals surface area contributed by atoms with Crippen molar-refractivity contribution in [3.8, 4) is 0 Å². The van der Waals surface area contributed by atoms with Gasteiger partial charge in [0.05, 0.1) is 10.3 Å². The maximum Gasteiger partial charge on any atom is 0.272 e. The van der Waals surface area contributed by atoms with Crippen LogP contribution >= 0.6 is 11.6 Å². The maximum absolute atomic E-state index is 12.0. The Hall–Kier alpha value is -1.62. The van der Waals surface area contributed by atoms with Gasteiger partial charge in [-0.1, -0.05) is 0 Å². The number of nitro groups is 1. The van der Waals surface area contributed by atoms with Crippen LogP contribution in [0.15, 0.2) is 12.1 Å². The van der Waals surface area contributed by atoms with Crippen molar-refractivity contribution in [2.75, 3.05) is 11.2 Å². The van der Waals surface area contributed by atoms with Crippen LogP contribution in [0.1, 0.15) is 25.0 Å². The molecule has 0 heterocycles. The number of carbonyl (C=O) groups is 1. The van der Waals surface area contributed by atoms with E-state index in [0.29, 0.717) is 16.8 Å². The van der Waals surface area contributed by atoms with E-state index in [9.17, 15) is 14.9 Å². The highest BCUT2D eigenvalue weighted by Gasteiger charge is 2.27. The van der Waals surface area contributed by atoms with Crippen LogP contribution in [-0.2, 0) is 4.79 Å². The van der Waals surface area contributed by atoms with E-state index in [-0.39, 0.29) is 17.5 Å². The summed E-state index contributed by atoms with van der Waals surface area (Å²) in [5, 5.41) is 13.6. The van der Waals surface area contributed by atoms with Crippen molar-refractivity contribution in [3.05, 3.63) is 33.4 Å². The molecule has 0 unspecified atom stereocenters. The SMILES string of the molecule is Cc1cc([N+](=O)[O-])c(C)cc1NC(=O)C(C)(C)CCl. The van der Waals surface area contributed by atoms with E-state index < -0.39 is 10.3 Å². The largest absolute Gasteiger partial charge is 0.325 e. The second kappa shape index (κ2) is 5.57. The first kappa shape index (κ1) is 15.4. The Bertz CT molecular complexity index is 527. The van der Waals surface area contributed by atoms with Gasteiger partial charge in [-0.15, -0.1) is 11.6 Å². The number of nitrogens with one attached hydrogen (secondary N) is 1. The average molecular weight is 285 g/mol. The first-order valence-corrected chi connectivity index (χ1v) is 6.35. The van der Waals surface area contributed by atoms with Crippen molar-refractivity contribution in [2.24, 2.45) is 5.41 Å². The zero-order valence-electron chi connectivity index (χ0n) is 11.4. The quantitative estimate of drug-likeness (QED) is 0.523. The summed E-state index contributed by atoms with van der Waals surface area (Å²) in [6.07, 6.45) is 0. The molecule has 0 atom stereocenters. The zero-order valence-corrected chi connectivity index (χ0v) is 12.2. The van der Waals surface area contributed by atoms with Gasteiger partial charge in [-0.2, -0.15) is 0 Å². The fourth-order valence-electron chi connectivity index (χ4n) is 1.48. The highest BCUT2D eigenvalue weighted by atomic mass is 35.5. The van der Waals surface area contributed by atoms with Crippen molar-refractivity contribution in [1.82, 2.24) is 0 Å². The van der Waals surface area contributed by atoms with Crippen LogP contribution in [-0.4, -0.2) is 16.7 Å². The number of rotatable bonds is 4. The molecule has 0 saturated carbocycles. The number of benzene rings is 1. The van der Waals surface area contributed by atoms with E-state index in [0.717, 1.165) is 0 Å². The van der Waals surface area contributed by atoms with Crippen LogP contribution in [0, 0.1) is 29.4 Å². The van der Waals surface area contributed by atoms with Crippen molar-refractivity contribution in [1.29, 1.82) is 0 Å². The molecule has 0 saturated heterocycles. The molecule has 0 aliphatic rings. The van der Waals surface area contributed by atoms with Crippen LogP contribution in [0.3, 0.4) is 0 Å². The molecule has 0 bridgehead atoms. The van der Waals surface area contributed by atoms with E-state index in [4.69, 9.17) is 11.6 Å². The van der Waals surface area contributed by atoms with E-state index in [1.165, 1.54) is 6.07 Å². The summed E-state index contributed by atoms with van der Waals surface area (Å²) in [5.74, 6) is -0.0111. The lowest BCUT2D eigenvalue weighted by Gasteiger charge is -2.21. The minimum absolute atomic E-state index is 0.0482. The maximum atomic E-state index is 12.0. The molecule has 5 nitrogen and oxygen atoms in total. The molecule has 1 N–H and O–H groups in total. The van der Waals surface area contributed by atoms with Crippen molar-refractivity contribution in [2.45, 2.75) is 27.7 Å². The Balaban J connectivity index is 3.08. The molecule has 0 fully saturated rings. The predicted molar refractivity (Wildman–Crippen MR) is 75.7 cm³/mol. The standard InChI is InChI=1S/C13H17ClN2O3/c1-8-6-11(16(18)19)9(2)5-10(8)15-12(17)13(3,4)7-14/h5-6H,7H2,1-4H3,(H,15,17). The van der Waals surface area contributed by atoms with E-state index in [2.05, 4.69) is 5.32 Å². The number of aryl methyl sites for hydroxylation is 2. The van der Waals surface area contributed by atoms with Gasteiger partial charge in [-0.3, -0.25) is 14.9 Å². The highest BCUT2D eigenvalue weighted by molar-refractivity contribution is 6.20. The normalized spacial score (nSPS) is 11.2. The molecule has 1 rings (SSSR count). The topological polar surface area (TPSA) is 72.2 Å². The summed E-state index contributed by atoms with van der Waals surface area (Å²) in [4.78, 5) is 22.4. The van der Waals surface area contributed by atoms with Gasteiger partial charge in [0, 0.05) is 23.2 Å². The first-order valence-electron chi connectivity index (χ1n) is 5.82. The fraction of sp³-hybridized carbons (Fsp3) is 0.462. The number of halogens is 1. The lowest BCUT2D eigenvalue weighted by molar-refractivity contribution is -0.385. The van der Waals surface area contributed by atoms with Gasteiger partial charge in [0.2, 0.25) is 5.91 Å². The Morgan fingerprint density at radius 2 is 1.95 bits per heavy atom. The lowest BCUT2D eigenvalue weighted by Crippen LogP contribution is -2.32. The molecule has 0 aliphatic heterocycles. The van der Waals surface area contributed by atoms with Crippen molar-refractivity contribution >= 4 is 28.9 Å². The van der Waals surface area contributed by atoms with Gasteiger partial charge in [-0.25, -0.2) is 0 Å². The Labute approximate surface area is 117 Å². The number of nitrogens with zero attached hydrogens (tertiary/aromatic N) is 1. The number of alkyl halides is 1. The number of amides is 1. The minimum atomic E-state index is -0.691. The lowest BCUT2D eigenvalue weighted by atomic mass is 9.95. The van der Waals surface area contributed by atoms with Gasteiger partial charge in [0.15, 0.2) is 0 Å². The first-order chi connectivity index (χ1) is 8.69. The summed E-state index contributed by atoms with van der Waals surface area (Å²) >= 11 is 5.74. The average Bonchev–Trinajstić information content (AvgIpc) is 2.32. The van der Waals surface area contributed by atoms with Gasteiger partial charge in [0.25, 0.3) is 5.69 Å². The van der Waals surface area contributed by atoms with Crippen LogP contribution in [0.4, 0.5) is 11.4 Å². The van der Waals surface area contributed by atoms with Crippen LogP contribution in [0.25, 0.3) is 0 Å². The van der Waals surface area contributed by atoms with Crippen LogP contribution < -0.4 is 5.32 Å². The Morgan fingerprint density at radius 1 is 1.37 bits per heavy atom. The number of nitro benzene ring substituents is 1. The predicted octanol–water partition coefficient (Wildman–Crippen LogP) is 3.42. The van der Waals surface area contributed by atoms with E-state index in [1.54, 1.807) is 33.8 Å². The number of hydrogen-bond donors (Lipinski definition) is 1. The molecule has 19 heavy (non-hydrogen) atoms. The molecular weight excluding hydrogens is 268 g/mol. The number of hydrogen-bond acceptors (Lipinski definition) is 3. The van der Waals surface area contributed by atoms with Gasteiger partial charge >= 0.3 is 0 Å². The Kier molecular flexibility index (Phi) is 4.52. The molecule has 1 amide bonds. The molecule has 6 heteroatoms. The molecule has 0 spiro atoms. The molecular formula is C13H17ClN2O3. The molecule has 0 aromatic heterocycles. The summed E-state index contributed by atoms with van der Waals surface area (Å²) in [7, 11) is 0. The van der Waals surface area contributed by atoms with Gasteiger partial charge in [0.1, 0.15) is 0 Å². The van der Waals surface area contributed by atoms with Gasteiger partial charge < -0.3 is 5.32 Å². The molecule has 1 aromatic rings. The summed E-state index contributed by atoms with van der Waals surface area (Å²) < 4.78 is 0. The van der Waals surface area contributed by atoms with E-state index in [1.807, 2.05) is 0 Å².